The maximum absolute atomic E-state index is 11.8. The van der Waals surface area contributed by atoms with Gasteiger partial charge < -0.3 is 5.43 Å². The van der Waals surface area contributed by atoms with Gasteiger partial charge in [0.15, 0.2) is 0 Å². The third kappa shape index (κ3) is 5.02. The summed E-state index contributed by atoms with van der Waals surface area (Å²) in [7, 11) is 0. The van der Waals surface area contributed by atoms with Crippen molar-refractivity contribution in [3.8, 4) is 0 Å². The van der Waals surface area contributed by atoms with Crippen LogP contribution in [0.2, 0.25) is 5.02 Å². The zero-order valence-electron chi connectivity index (χ0n) is 10.5. The van der Waals surface area contributed by atoms with Crippen LogP contribution in [-0.4, -0.2) is 11.2 Å². The second-order valence-corrected chi connectivity index (χ2v) is 5.64. The van der Waals surface area contributed by atoms with E-state index in [0.29, 0.717) is 5.02 Å². The smallest absolute Gasteiger partial charge is 0.251 e. The molecule has 1 amide bonds. The Morgan fingerprint density at radius 1 is 1.39 bits per heavy atom. The number of halogens is 1. The van der Waals surface area contributed by atoms with Gasteiger partial charge in [0.2, 0.25) is 0 Å². The summed E-state index contributed by atoms with van der Waals surface area (Å²) in [6.45, 7) is 7.57. The molecule has 0 aliphatic rings. The molecule has 0 fully saturated rings. The summed E-state index contributed by atoms with van der Waals surface area (Å²) in [5.41, 5.74) is 6.19. The molecule has 0 bridgehead atoms. The van der Waals surface area contributed by atoms with Gasteiger partial charge >= 0.3 is 0 Å². The summed E-state index contributed by atoms with van der Waals surface area (Å²) in [4.78, 5) is 12.8. The molecule has 18 heavy (non-hydrogen) atoms. The van der Waals surface area contributed by atoms with Crippen molar-refractivity contribution in [3.05, 3.63) is 41.6 Å². The zero-order valence-corrected chi connectivity index (χ0v) is 12.1. The van der Waals surface area contributed by atoms with Crippen LogP contribution in [0.1, 0.15) is 20.3 Å². The van der Waals surface area contributed by atoms with E-state index in [1.165, 1.54) is 11.8 Å². The van der Waals surface area contributed by atoms with Gasteiger partial charge in [0.05, 0.1) is 5.25 Å². The molecule has 0 heterocycles. The molecule has 0 spiro atoms. The predicted octanol–water partition coefficient (Wildman–Crippen LogP) is 3.37. The van der Waals surface area contributed by atoms with Gasteiger partial charge in [-0.1, -0.05) is 25.1 Å². The van der Waals surface area contributed by atoms with E-state index in [2.05, 4.69) is 17.4 Å². The quantitative estimate of drug-likeness (QED) is 0.622. The van der Waals surface area contributed by atoms with Gasteiger partial charge in [0.1, 0.15) is 0 Å². The van der Waals surface area contributed by atoms with Gasteiger partial charge in [-0.3, -0.25) is 10.2 Å². The van der Waals surface area contributed by atoms with Crippen LogP contribution in [0.5, 0.6) is 0 Å². The zero-order chi connectivity index (χ0) is 13.5. The van der Waals surface area contributed by atoms with Crippen molar-refractivity contribution in [3.63, 3.8) is 0 Å². The van der Waals surface area contributed by atoms with Gasteiger partial charge in [-0.15, -0.1) is 11.8 Å². The largest absolute Gasteiger partial charge is 0.303 e. The molecule has 0 saturated carbocycles. The number of hydrogen-bond acceptors (Lipinski definition) is 3. The highest BCUT2D eigenvalue weighted by atomic mass is 35.5. The van der Waals surface area contributed by atoms with Crippen molar-refractivity contribution < 1.29 is 4.79 Å². The topological polar surface area (TPSA) is 41.1 Å². The summed E-state index contributed by atoms with van der Waals surface area (Å²) >= 11 is 7.28. The molecule has 0 radical (unpaired) electrons. The number of carbonyl (C=O) groups is 1. The van der Waals surface area contributed by atoms with E-state index in [1.54, 1.807) is 0 Å². The lowest BCUT2D eigenvalue weighted by Gasteiger charge is -2.14. The second kappa shape index (κ2) is 7.34. The van der Waals surface area contributed by atoms with Gasteiger partial charge in [-0.25, -0.2) is 0 Å². The van der Waals surface area contributed by atoms with E-state index in [1.807, 2.05) is 38.1 Å². The van der Waals surface area contributed by atoms with Crippen LogP contribution in [0.15, 0.2) is 41.4 Å². The van der Waals surface area contributed by atoms with Gasteiger partial charge in [-0.2, -0.15) is 0 Å². The molecule has 98 valence electrons. The fourth-order valence-electron chi connectivity index (χ4n) is 1.11. The molecule has 0 aliphatic carbocycles. The highest BCUT2D eigenvalue weighted by Gasteiger charge is 2.13. The van der Waals surface area contributed by atoms with Crippen LogP contribution in [0, 0.1) is 0 Å². The minimum Gasteiger partial charge on any atom is -0.303 e. The van der Waals surface area contributed by atoms with E-state index < -0.39 is 0 Å². The summed E-state index contributed by atoms with van der Waals surface area (Å²) in [6, 6.07) is 7.42. The Morgan fingerprint density at radius 2 is 2.00 bits per heavy atom. The molecule has 0 saturated heterocycles. The minimum absolute atomic E-state index is 0.0791. The summed E-state index contributed by atoms with van der Waals surface area (Å²) < 4.78 is 0. The minimum atomic E-state index is -0.191. The molecule has 1 atom stereocenters. The SMILES string of the molecule is C=C(CC)NNC(=O)[C@H](C)Sc1ccc(Cl)cc1. The van der Waals surface area contributed by atoms with Crippen LogP contribution in [-0.2, 0) is 4.79 Å². The highest BCUT2D eigenvalue weighted by Crippen LogP contribution is 2.24. The monoisotopic (exact) mass is 284 g/mol. The second-order valence-electron chi connectivity index (χ2n) is 3.79. The number of rotatable bonds is 6. The molecule has 1 rings (SSSR count). The van der Waals surface area contributed by atoms with E-state index >= 15 is 0 Å². The van der Waals surface area contributed by atoms with Crippen LogP contribution >= 0.6 is 23.4 Å². The Hall–Kier alpha value is -1.13. The number of hydrazine groups is 1. The van der Waals surface area contributed by atoms with E-state index in [-0.39, 0.29) is 11.2 Å². The van der Waals surface area contributed by atoms with Crippen molar-refractivity contribution in [2.45, 2.75) is 30.4 Å². The average Bonchev–Trinajstić information content (AvgIpc) is 2.38. The molecule has 1 aromatic carbocycles. The van der Waals surface area contributed by atoms with Crippen molar-refractivity contribution in [1.29, 1.82) is 0 Å². The standard InChI is InChI=1S/C13H17ClN2OS/c1-4-9(2)15-16-13(17)10(3)18-12-7-5-11(14)6-8-12/h5-8,10,15H,2,4H2,1,3H3,(H,16,17)/t10-/m0/s1. The summed E-state index contributed by atoms with van der Waals surface area (Å²) in [6.07, 6.45) is 0.777. The number of hydrogen-bond donors (Lipinski definition) is 2. The average molecular weight is 285 g/mol. The predicted molar refractivity (Wildman–Crippen MR) is 77.5 cm³/mol. The fraction of sp³-hybridized carbons (Fsp3) is 0.308. The van der Waals surface area contributed by atoms with Crippen LogP contribution in [0.25, 0.3) is 0 Å². The molecule has 0 aliphatic heterocycles. The summed E-state index contributed by atoms with van der Waals surface area (Å²) in [5.74, 6) is -0.0791. The van der Waals surface area contributed by atoms with E-state index in [0.717, 1.165) is 17.0 Å². The Bertz CT molecular complexity index is 420. The summed E-state index contributed by atoms with van der Waals surface area (Å²) in [5, 5.41) is 0.501. The van der Waals surface area contributed by atoms with Crippen molar-refractivity contribution in [1.82, 2.24) is 10.9 Å². The van der Waals surface area contributed by atoms with Gasteiger partial charge in [0.25, 0.3) is 5.91 Å². The van der Waals surface area contributed by atoms with Crippen molar-refractivity contribution >= 4 is 29.3 Å². The Balaban J connectivity index is 2.44. The van der Waals surface area contributed by atoms with E-state index in [9.17, 15) is 4.79 Å². The molecule has 0 unspecified atom stereocenters. The van der Waals surface area contributed by atoms with Gasteiger partial charge in [0, 0.05) is 15.6 Å². The first-order valence-electron chi connectivity index (χ1n) is 5.68. The lowest BCUT2D eigenvalue weighted by atomic mass is 10.4. The number of nitrogens with one attached hydrogen (secondary N) is 2. The third-order valence-corrected chi connectivity index (χ3v) is 3.65. The van der Waals surface area contributed by atoms with E-state index in [4.69, 9.17) is 11.6 Å². The number of carbonyl (C=O) groups excluding carboxylic acids is 1. The van der Waals surface area contributed by atoms with Crippen molar-refractivity contribution in [2.75, 3.05) is 0 Å². The van der Waals surface area contributed by atoms with Gasteiger partial charge in [-0.05, 0) is 37.6 Å². The number of amides is 1. The molecule has 0 aromatic heterocycles. The molecule has 3 nitrogen and oxygen atoms in total. The maximum atomic E-state index is 11.8. The molecule has 1 aromatic rings. The lowest BCUT2D eigenvalue weighted by Crippen LogP contribution is -2.40. The maximum Gasteiger partial charge on any atom is 0.251 e. The van der Waals surface area contributed by atoms with Crippen LogP contribution in [0.3, 0.4) is 0 Å². The Kier molecular flexibility index (Phi) is 6.09. The molecular formula is C13H17ClN2OS. The first-order valence-corrected chi connectivity index (χ1v) is 6.94. The normalized spacial score (nSPS) is 11.7. The molecule has 2 N–H and O–H groups in total. The first kappa shape index (κ1) is 14.9. The molecular weight excluding hydrogens is 268 g/mol. The Morgan fingerprint density at radius 3 is 2.56 bits per heavy atom. The molecule has 5 heteroatoms. The Labute approximate surface area is 117 Å². The van der Waals surface area contributed by atoms with Crippen LogP contribution < -0.4 is 10.9 Å². The van der Waals surface area contributed by atoms with Crippen molar-refractivity contribution in [2.24, 2.45) is 0 Å². The van der Waals surface area contributed by atoms with Crippen LogP contribution in [0.4, 0.5) is 0 Å². The lowest BCUT2D eigenvalue weighted by molar-refractivity contribution is -0.121. The number of allylic oxidation sites excluding steroid dienone is 1. The first-order chi connectivity index (χ1) is 8.52. The highest BCUT2D eigenvalue weighted by molar-refractivity contribution is 8.00. The fourth-order valence-corrected chi connectivity index (χ4v) is 2.10. The third-order valence-electron chi connectivity index (χ3n) is 2.28. The number of benzene rings is 1. The number of thioether (sulfide) groups is 1.